The Labute approximate surface area is 114 Å². The van der Waals surface area contributed by atoms with Crippen molar-refractivity contribution in [1.29, 1.82) is 0 Å². The van der Waals surface area contributed by atoms with Gasteiger partial charge in [0.25, 0.3) is 5.91 Å². The second kappa shape index (κ2) is 5.95. The lowest BCUT2D eigenvalue weighted by atomic mass is 9.94. The molecule has 1 fully saturated rings. The molecule has 1 aliphatic heterocycles. The van der Waals surface area contributed by atoms with Crippen LogP contribution < -0.4 is 4.74 Å². The van der Waals surface area contributed by atoms with Crippen molar-refractivity contribution in [2.75, 3.05) is 20.2 Å². The quantitative estimate of drug-likeness (QED) is 0.912. The van der Waals surface area contributed by atoms with E-state index in [0.29, 0.717) is 11.3 Å². The van der Waals surface area contributed by atoms with Crippen molar-refractivity contribution in [3.05, 3.63) is 23.8 Å². The molecule has 1 aromatic rings. The lowest BCUT2D eigenvalue weighted by molar-refractivity contribution is 0.0688. The number of ether oxygens (including phenoxy) is 1. The summed E-state index contributed by atoms with van der Waals surface area (Å²) in [6.45, 7) is 3.82. The van der Waals surface area contributed by atoms with E-state index < -0.39 is 0 Å². The lowest BCUT2D eigenvalue weighted by Gasteiger charge is -2.31. The van der Waals surface area contributed by atoms with Gasteiger partial charge in [0.15, 0.2) is 11.5 Å². The molecule has 1 N–H and O–H groups in total. The Morgan fingerprint density at radius 1 is 1.42 bits per heavy atom. The number of benzene rings is 1. The summed E-state index contributed by atoms with van der Waals surface area (Å²) in [6.07, 6.45) is 3.33. The largest absolute Gasteiger partial charge is 0.504 e. The summed E-state index contributed by atoms with van der Waals surface area (Å²) in [7, 11) is 1.49. The molecular formula is C15H21NO3. The molecule has 4 heteroatoms. The van der Waals surface area contributed by atoms with Gasteiger partial charge < -0.3 is 14.7 Å². The van der Waals surface area contributed by atoms with Gasteiger partial charge in [-0.05, 0) is 37.0 Å². The summed E-state index contributed by atoms with van der Waals surface area (Å²) >= 11 is 0. The van der Waals surface area contributed by atoms with Crippen LogP contribution in [-0.2, 0) is 0 Å². The fraction of sp³-hybridized carbons (Fsp3) is 0.533. The number of rotatable bonds is 3. The van der Waals surface area contributed by atoms with E-state index in [1.165, 1.54) is 19.6 Å². The highest BCUT2D eigenvalue weighted by Gasteiger charge is 2.23. The first kappa shape index (κ1) is 13.7. The fourth-order valence-corrected chi connectivity index (χ4v) is 2.55. The molecule has 0 bridgehead atoms. The van der Waals surface area contributed by atoms with E-state index in [1.54, 1.807) is 12.1 Å². The highest BCUT2D eigenvalue weighted by atomic mass is 16.5. The Morgan fingerprint density at radius 2 is 2.11 bits per heavy atom. The molecule has 0 aromatic heterocycles. The van der Waals surface area contributed by atoms with Gasteiger partial charge in [0.1, 0.15) is 0 Å². The summed E-state index contributed by atoms with van der Waals surface area (Å²) in [5, 5.41) is 9.72. The van der Waals surface area contributed by atoms with Crippen LogP contribution in [0, 0.1) is 5.92 Å². The molecule has 2 rings (SSSR count). The maximum Gasteiger partial charge on any atom is 0.253 e. The third kappa shape index (κ3) is 3.00. The normalized spacial score (nSPS) is 16.4. The van der Waals surface area contributed by atoms with Crippen LogP contribution >= 0.6 is 0 Å². The Kier molecular flexibility index (Phi) is 4.30. The molecule has 0 spiro atoms. The molecule has 0 aliphatic carbocycles. The monoisotopic (exact) mass is 263 g/mol. The van der Waals surface area contributed by atoms with Crippen molar-refractivity contribution in [1.82, 2.24) is 4.90 Å². The summed E-state index contributed by atoms with van der Waals surface area (Å²) in [5.74, 6) is 1.14. The van der Waals surface area contributed by atoms with Crippen LogP contribution in [0.4, 0.5) is 0 Å². The lowest BCUT2D eigenvalue weighted by Crippen LogP contribution is -2.38. The van der Waals surface area contributed by atoms with Crippen LogP contribution in [0.1, 0.15) is 36.5 Å². The molecule has 1 amide bonds. The average Bonchev–Trinajstić information content (AvgIpc) is 2.46. The Morgan fingerprint density at radius 3 is 2.63 bits per heavy atom. The highest BCUT2D eigenvalue weighted by Crippen LogP contribution is 2.28. The zero-order chi connectivity index (χ0) is 13.8. The van der Waals surface area contributed by atoms with E-state index in [-0.39, 0.29) is 11.7 Å². The van der Waals surface area contributed by atoms with Crippen LogP contribution in [0.3, 0.4) is 0 Å². The number of aromatic hydroxyl groups is 1. The molecule has 0 atom stereocenters. The number of hydrogen-bond acceptors (Lipinski definition) is 3. The number of methoxy groups -OCH3 is 1. The molecule has 1 aliphatic rings. The van der Waals surface area contributed by atoms with Crippen molar-refractivity contribution < 1.29 is 14.6 Å². The van der Waals surface area contributed by atoms with E-state index in [1.807, 2.05) is 4.90 Å². The standard InChI is InChI=1S/C15H21NO3/c1-3-11-6-8-16(9-7-11)15(18)12-4-5-14(19-2)13(17)10-12/h4-5,10-11,17H,3,6-9H2,1-2H3. The Bertz CT molecular complexity index is 451. The van der Waals surface area contributed by atoms with Crippen LogP contribution in [0.25, 0.3) is 0 Å². The summed E-state index contributed by atoms with van der Waals surface area (Å²) in [6, 6.07) is 4.81. The van der Waals surface area contributed by atoms with Gasteiger partial charge in [-0.1, -0.05) is 13.3 Å². The number of carbonyl (C=O) groups is 1. The minimum atomic E-state index is -0.00694. The van der Waals surface area contributed by atoms with Gasteiger partial charge in [-0.25, -0.2) is 0 Å². The molecule has 104 valence electrons. The van der Waals surface area contributed by atoms with Gasteiger partial charge in [0.05, 0.1) is 7.11 Å². The van der Waals surface area contributed by atoms with Crippen LogP contribution in [-0.4, -0.2) is 36.1 Å². The van der Waals surface area contributed by atoms with E-state index in [0.717, 1.165) is 31.8 Å². The molecule has 0 saturated carbocycles. The molecule has 0 unspecified atom stereocenters. The van der Waals surface area contributed by atoms with Gasteiger partial charge in [-0.15, -0.1) is 0 Å². The maximum atomic E-state index is 12.3. The number of phenols is 1. The van der Waals surface area contributed by atoms with E-state index in [2.05, 4.69) is 6.92 Å². The number of phenolic OH excluding ortho intramolecular Hbond substituents is 1. The highest BCUT2D eigenvalue weighted by molar-refractivity contribution is 5.95. The summed E-state index contributed by atoms with van der Waals surface area (Å²) in [4.78, 5) is 14.2. The van der Waals surface area contributed by atoms with Gasteiger partial charge in [-0.2, -0.15) is 0 Å². The first-order valence-electron chi connectivity index (χ1n) is 6.82. The van der Waals surface area contributed by atoms with Crippen LogP contribution in [0.5, 0.6) is 11.5 Å². The molecule has 19 heavy (non-hydrogen) atoms. The van der Waals surface area contributed by atoms with Gasteiger partial charge in [-0.3, -0.25) is 4.79 Å². The Balaban J connectivity index is 2.06. The number of nitrogens with zero attached hydrogens (tertiary/aromatic N) is 1. The number of hydrogen-bond donors (Lipinski definition) is 1. The van der Waals surface area contributed by atoms with Crippen molar-refractivity contribution in [3.63, 3.8) is 0 Å². The van der Waals surface area contributed by atoms with E-state index in [9.17, 15) is 9.90 Å². The second-order valence-corrected chi connectivity index (χ2v) is 5.03. The summed E-state index contributed by atoms with van der Waals surface area (Å²) in [5.41, 5.74) is 0.522. The minimum Gasteiger partial charge on any atom is -0.504 e. The predicted octanol–water partition coefficient (Wildman–Crippen LogP) is 2.66. The Hall–Kier alpha value is -1.71. The van der Waals surface area contributed by atoms with E-state index in [4.69, 9.17) is 4.74 Å². The molecule has 1 saturated heterocycles. The van der Waals surface area contributed by atoms with E-state index >= 15 is 0 Å². The van der Waals surface area contributed by atoms with Crippen molar-refractivity contribution in [2.45, 2.75) is 26.2 Å². The second-order valence-electron chi connectivity index (χ2n) is 5.03. The third-order valence-electron chi connectivity index (χ3n) is 3.90. The molecule has 1 heterocycles. The fourth-order valence-electron chi connectivity index (χ4n) is 2.55. The van der Waals surface area contributed by atoms with Crippen LogP contribution in [0.15, 0.2) is 18.2 Å². The first-order chi connectivity index (χ1) is 9.15. The molecule has 0 radical (unpaired) electrons. The smallest absolute Gasteiger partial charge is 0.253 e. The molecule has 4 nitrogen and oxygen atoms in total. The number of amides is 1. The zero-order valence-electron chi connectivity index (χ0n) is 11.6. The third-order valence-corrected chi connectivity index (χ3v) is 3.90. The average molecular weight is 263 g/mol. The first-order valence-corrected chi connectivity index (χ1v) is 6.82. The van der Waals surface area contributed by atoms with Crippen molar-refractivity contribution in [3.8, 4) is 11.5 Å². The predicted molar refractivity (Wildman–Crippen MR) is 73.6 cm³/mol. The van der Waals surface area contributed by atoms with Gasteiger partial charge >= 0.3 is 0 Å². The van der Waals surface area contributed by atoms with Crippen LogP contribution in [0.2, 0.25) is 0 Å². The molecule has 1 aromatic carbocycles. The number of likely N-dealkylation sites (tertiary alicyclic amines) is 1. The molecular weight excluding hydrogens is 242 g/mol. The van der Waals surface area contributed by atoms with Gasteiger partial charge in [0, 0.05) is 18.7 Å². The number of piperidine rings is 1. The SMILES string of the molecule is CCC1CCN(C(=O)c2ccc(OC)c(O)c2)CC1. The summed E-state index contributed by atoms with van der Waals surface area (Å²) < 4.78 is 4.98. The zero-order valence-corrected chi connectivity index (χ0v) is 11.6. The minimum absolute atomic E-state index is 0.00694. The topological polar surface area (TPSA) is 49.8 Å². The maximum absolute atomic E-state index is 12.3. The van der Waals surface area contributed by atoms with Crippen molar-refractivity contribution in [2.24, 2.45) is 5.92 Å². The number of carbonyl (C=O) groups excluding carboxylic acids is 1. The van der Waals surface area contributed by atoms with Gasteiger partial charge in [0.2, 0.25) is 0 Å². The van der Waals surface area contributed by atoms with Crippen molar-refractivity contribution >= 4 is 5.91 Å².